The van der Waals surface area contributed by atoms with Crippen LogP contribution in [0, 0.1) is 5.82 Å². The van der Waals surface area contributed by atoms with Gasteiger partial charge in [-0.15, -0.1) is 0 Å². The van der Waals surface area contributed by atoms with E-state index >= 15 is 0 Å². The van der Waals surface area contributed by atoms with Crippen molar-refractivity contribution in [3.8, 4) is 0 Å². The van der Waals surface area contributed by atoms with Crippen LogP contribution in [0.15, 0.2) is 67.0 Å². The second-order valence-corrected chi connectivity index (χ2v) is 7.08. The Hall–Kier alpha value is -2.99. The Labute approximate surface area is 164 Å². The molecule has 0 radical (unpaired) electrons. The second-order valence-electron chi connectivity index (χ2n) is 7.08. The molecule has 1 aromatic heterocycles. The molecule has 3 aromatic rings. The number of nitrogens with zero attached hydrogens (tertiary/aromatic N) is 3. The number of amides is 1. The molecule has 1 heterocycles. The van der Waals surface area contributed by atoms with Crippen molar-refractivity contribution in [1.29, 1.82) is 0 Å². The Balaban J connectivity index is 1.69. The maximum absolute atomic E-state index is 13.3. The van der Waals surface area contributed by atoms with Gasteiger partial charge in [-0.05, 0) is 50.3 Å². The normalized spacial score (nSPS) is 12.1. The average Bonchev–Trinajstić information content (AvgIpc) is 3.15. The van der Waals surface area contributed by atoms with E-state index < -0.39 is 0 Å². The summed E-state index contributed by atoms with van der Waals surface area (Å²) in [5, 5.41) is 7.36. The molecule has 0 saturated heterocycles. The summed E-state index contributed by atoms with van der Waals surface area (Å²) in [5.74, 6) is -0.476. The van der Waals surface area contributed by atoms with Gasteiger partial charge in [-0.1, -0.05) is 42.5 Å². The topological polar surface area (TPSA) is 50.2 Å². The van der Waals surface area contributed by atoms with E-state index in [4.69, 9.17) is 0 Å². The summed E-state index contributed by atoms with van der Waals surface area (Å²) in [6.07, 6.45) is 4.05. The smallest absolute Gasteiger partial charge is 0.254 e. The average molecular weight is 380 g/mol. The van der Waals surface area contributed by atoms with Gasteiger partial charge in [0.15, 0.2) is 0 Å². The molecule has 1 N–H and O–H groups in total. The third-order valence-electron chi connectivity index (χ3n) is 4.53. The molecule has 0 spiro atoms. The van der Waals surface area contributed by atoms with Crippen LogP contribution in [-0.2, 0) is 6.54 Å². The van der Waals surface area contributed by atoms with Crippen LogP contribution < -0.4 is 5.32 Å². The van der Waals surface area contributed by atoms with Crippen molar-refractivity contribution in [3.63, 3.8) is 0 Å². The SMILES string of the molecule is CN(C)CCC(NC(=O)c1cnn(Cc2ccccc2)c1)c1ccc(F)cc1. The minimum atomic E-state index is -0.288. The van der Waals surface area contributed by atoms with Gasteiger partial charge in [0.1, 0.15) is 5.82 Å². The van der Waals surface area contributed by atoms with Gasteiger partial charge in [0.25, 0.3) is 5.91 Å². The molecule has 28 heavy (non-hydrogen) atoms. The molecule has 1 atom stereocenters. The zero-order valence-electron chi connectivity index (χ0n) is 16.2. The number of nitrogens with one attached hydrogen (secondary N) is 1. The molecular weight excluding hydrogens is 355 g/mol. The predicted molar refractivity (Wildman–Crippen MR) is 108 cm³/mol. The Morgan fingerprint density at radius 1 is 1.14 bits per heavy atom. The van der Waals surface area contributed by atoms with Crippen LogP contribution in [0.2, 0.25) is 0 Å². The summed E-state index contributed by atoms with van der Waals surface area (Å²) < 4.78 is 15.0. The second kappa shape index (κ2) is 9.28. The summed E-state index contributed by atoms with van der Waals surface area (Å²) in [7, 11) is 3.97. The van der Waals surface area contributed by atoms with Crippen LogP contribution in [0.4, 0.5) is 4.39 Å². The molecule has 3 rings (SSSR count). The molecule has 0 saturated carbocycles. The number of hydrogen-bond donors (Lipinski definition) is 1. The number of carbonyl (C=O) groups excluding carboxylic acids is 1. The fourth-order valence-electron chi connectivity index (χ4n) is 2.98. The van der Waals surface area contributed by atoms with Crippen LogP contribution >= 0.6 is 0 Å². The molecule has 0 aliphatic heterocycles. The monoisotopic (exact) mass is 380 g/mol. The lowest BCUT2D eigenvalue weighted by Crippen LogP contribution is -2.30. The van der Waals surface area contributed by atoms with Crippen molar-refractivity contribution in [2.75, 3.05) is 20.6 Å². The zero-order valence-corrected chi connectivity index (χ0v) is 16.2. The van der Waals surface area contributed by atoms with Gasteiger partial charge in [-0.2, -0.15) is 5.10 Å². The molecule has 0 aliphatic carbocycles. The van der Waals surface area contributed by atoms with E-state index in [0.717, 1.165) is 24.1 Å². The molecule has 2 aromatic carbocycles. The Morgan fingerprint density at radius 2 is 1.86 bits per heavy atom. The first kappa shape index (κ1) is 19.8. The molecule has 1 unspecified atom stereocenters. The summed E-state index contributed by atoms with van der Waals surface area (Å²) in [6, 6.07) is 16.0. The van der Waals surface area contributed by atoms with Crippen molar-refractivity contribution >= 4 is 5.91 Å². The number of aromatic nitrogens is 2. The van der Waals surface area contributed by atoms with Crippen LogP contribution in [0.25, 0.3) is 0 Å². The molecule has 6 heteroatoms. The van der Waals surface area contributed by atoms with Gasteiger partial charge < -0.3 is 10.2 Å². The maximum atomic E-state index is 13.3. The van der Waals surface area contributed by atoms with Crippen LogP contribution in [0.3, 0.4) is 0 Å². The third-order valence-corrected chi connectivity index (χ3v) is 4.53. The van der Waals surface area contributed by atoms with E-state index in [1.165, 1.54) is 12.1 Å². The van der Waals surface area contributed by atoms with E-state index in [1.54, 1.807) is 29.2 Å². The minimum Gasteiger partial charge on any atom is -0.345 e. The van der Waals surface area contributed by atoms with Gasteiger partial charge in [0.2, 0.25) is 0 Å². The Kier molecular flexibility index (Phi) is 6.55. The molecule has 146 valence electrons. The lowest BCUT2D eigenvalue weighted by Gasteiger charge is -2.21. The van der Waals surface area contributed by atoms with E-state index in [2.05, 4.69) is 15.3 Å². The number of carbonyl (C=O) groups is 1. The first-order chi connectivity index (χ1) is 13.5. The molecule has 1 amide bonds. The predicted octanol–water partition coefficient (Wildman–Crippen LogP) is 3.49. The number of halogens is 1. The van der Waals surface area contributed by atoms with Crippen molar-refractivity contribution in [3.05, 3.63) is 89.5 Å². The number of benzene rings is 2. The summed E-state index contributed by atoms with van der Waals surface area (Å²) in [4.78, 5) is 14.8. The number of rotatable bonds is 8. The highest BCUT2D eigenvalue weighted by Gasteiger charge is 2.17. The maximum Gasteiger partial charge on any atom is 0.254 e. The fraction of sp³-hybridized carbons (Fsp3) is 0.273. The van der Waals surface area contributed by atoms with Crippen LogP contribution in [0.5, 0.6) is 0 Å². The summed E-state index contributed by atoms with van der Waals surface area (Å²) in [5.41, 5.74) is 2.51. The highest BCUT2D eigenvalue weighted by Crippen LogP contribution is 2.18. The van der Waals surface area contributed by atoms with E-state index in [9.17, 15) is 9.18 Å². The third kappa shape index (κ3) is 5.50. The zero-order chi connectivity index (χ0) is 19.9. The van der Waals surface area contributed by atoms with Gasteiger partial charge in [0, 0.05) is 6.20 Å². The lowest BCUT2D eigenvalue weighted by atomic mass is 10.0. The first-order valence-electron chi connectivity index (χ1n) is 9.28. The molecule has 0 fully saturated rings. The summed E-state index contributed by atoms with van der Waals surface area (Å²) >= 11 is 0. The standard InChI is InChI=1S/C22H25FN4O/c1-26(2)13-12-21(18-8-10-20(23)11-9-18)25-22(28)19-14-24-27(16-19)15-17-6-4-3-5-7-17/h3-11,14,16,21H,12-13,15H2,1-2H3,(H,25,28). The van der Waals surface area contributed by atoms with Gasteiger partial charge in [0.05, 0.1) is 24.3 Å². The van der Waals surface area contributed by atoms with Crippen molar-refractivity contribution < 1.29 is 9.18 Å². The highest BCUT2D eigenvalue weighted by molar-refractivity contribution is 5.93. The molecule has 0 bridgehead atoms. The Morgan fingerprint density at radius 3 is 2.54 bits per heavy atom. The van der Waals surface area contributed by atoms with Crippen LogP contribution in [-0.4, -0.2) is 41.2 Å². The van der Waals surface area contributed by atoms with Gasteiger partial charge >= 0.3 is 0 Å². The quantitative estimate of drug-likeness (QED) is 0.651. The highest BCUT2D eigenvalue weighted by atomic mass is 19.1. The van der Waals surface area contributed by atoms with E-state index in [1.807, 2.05) is 44.4 Å². The molecule has 0 aliphatic rings. The van der Waals surface area contributed by atoms with E-state index in [0.29, 0.717) is 12.1 Å². The number of hydrogen-bond acceptors (Lipinski definition) is 3. The van der Waals surface area contributed by atoms with E-state index in [-0.39, 0.29) is 17.8 Å². The molecular formula is C22H25FN4O. The van der Waals surface area contributed by atoms with Gasteiger partial charge in [-0.25, -0.2) is 4.39 Å². The van der Waals surface area contributed by atoms with Crippen LogP contribution in [0.1, 0.15) is 33.9 Å². The minimum absolute atomic E-state index is 0.188. The first-order valence-corrected chi connectivity index (χ1v) is 9.28. The lowest BCUT2D eigenvalue weighted by molar-refractivity contribution is 0.0932. The summed E-state index contributed by atoms with van der Waals surface area (Å²) in [6.45, 7) is 1.41. The van der Waals surface area contributed by atoms with Crippen molar-refractivity contribution in [2.45, 2.75) is 19.0 Å². The van der Waals surface area contributed by atoms with Crippen molar-refractivity contribution in [2.24, 2.45) is 0 Å². The molecule has 5 nitrogen and oxygen atoms in total. The Bertz CT molecular complexity index is 890. The largest absolute Gasteiger partial charge is 0.345 e. The van der Waals surface area contributed by atoms with Crippen molar-refractivity contribution in [1.82, 2.24) is 20.0 Å². The van der Waals surface area contributed by atoms with Gasteiger partial charge in [-0.3, -0.25) is 9.48 Å². The fourth-order valence-corrected chi connectivity index (χ4v) is 2.98.